The van der Waals surface area contributed by atoms with Crippen molar-refractivity contribution in [1.29, 1.82) is 0 Å². The lowest BCUT2D eigenvalue weighted by molar-refractivity contribution is -0.597. The molecule has 0 unspecified atom stereocenters. The summed E-state index contributed by atoms with van der Waals surface area (Å²) in [6.45, 7) is 2.13. The van der Waals surface area contributed by atoms with Crippen LogP contribution in [0.1, 0.15) is 56.6 Å². The van der Waals surface area contributed by atoms with Crippen LogP contribution >= 0.6 is 0 Å². The van der Waals surface area contributed by atoms with Gasteiger partial charge in [-0.15, -0.1) is 0 Å². The van der Waals surface area contributed by atoms with Crippen molar-refractivity contribution in [3.05, 3.63) is 66.8 Å². The first-order valence-corrected chi connectivity index (χ1v) is 13.9. The van der Waals surface area contributed by atoms with Gasteiger partial charge < -0.3 is 4.55 Å². The van der Waals surface area contributed by atoms with Gasteiger partial charge in [0.05, 0.1) is 21.2 Å². The highest BCUT2D eigenvalue weighted by Crippen LogP contribution is 2.29. The predicted octanol–water partition coefficient (Wildman–Crippen LogP) is 3.74. The van der Waals surface area contributed by atoms with E-state index in [-0.39, 0.29) is 5.75 Å². The molecule has 0 bridgehead atoms. The average Bonchev–Trinajstić information content (AvgIpc) is 2.70. The van der Waals surface area contributed by atoms with Gasteiger partial charge in [-0.2, -0.15) is 26.3 Å². The minimum absolute atomic E-state index is 0.195. The molecule has 0 aliphatic rings. The van der Waals surface area contributed by atoms with Crippen molar-refractivity contribution in [2.75, 3.05) is 5.75 Å². The van der Waals surface area contributed by atoms with Crippen molar-refractivity contribution in [3.8, 4) is 0 Å². The summed E-state index contributed by atoms with van der Waals surface area (Å²) in [5.41, 5.74) is -1.47. The number of halogens is 7. The molecular formula is C22H25F6IO3S. The third-order valence-corrected chi connectivity index (χ3v) is 7.78. The van der Waals surface area contributed by atoms with E-state index in [1.807, 2.05) is 0 Å². The fourth-order valence-electron chi connectivity index (χ4n) is 2.59. The standard InChI is InChI=1S/C14H8F6I.C8H18O3S/c15-13(16,17)9-1-5-11(6-2-9)21-12-7-3-10(4-8-12)14(18,19)20;1-2-3-4-5-6-7-8-12(9,10)11/h1-8H;2-8H2,1H3,(H,9,10,11)/q+1;/p-1. The molecule has 0 spiro atoms. The summed E-state index contributed by atoms with van der Waals surface area (Å²) in [5, 5.41) is 0. The molecule has 3 nitrogen and oxygen atoms in total. The summed E-state index contributed by atoms with van der Waals surface area (Å²) < 4.78 is 106. The van der Waals surface area contributed by atoms with Crippen LogP contribution in [-0.2, 0) is 22.5 Å². The van der Waals surface area contributed by atoms with Crippen LogP contribution in [-0.4, -0.2) is 18.7 Å². The van der Waals surface area contributed by atoms with Gasteiger partial charge in [-0.05, 0) is 55.0 Å². The topological polar surface area (TPSA) is 57.2 Å². The monoisotopic (exact) mass is 610 g/mol. The van der Waals surface area contributed by atoms with E-state index in [1.165, 1.54) is 37.1 Å². The van der Waals surface area contributed by atoms with Gasteiger partial charge in [0, 0.05) is 5.75 Å². The molecule has 0 heterocycles. The summed E-state index contributed by atoms with van der Waals surface area (Å²) in [5.74, 6) is -0.195. The van der Waals surface area contributed by atoms with Crippen molar-refractivity contribution in [2.24, 2.45) is 0 Å². The van der Waals surface area contributed by atoms with Gasteiger partial charge in [0.1, 0.15) is 0 Å². The van der Waals surface area contributed by atoms with E-state index in [0.717, 1.165) is 43.5 Å². The third-order valence-electron chi connectivity index (χ3n) is 4.31. The van der Waals surface area contributed by atoms with E-state index in [0.29, 0.717) is 13.6 Å². The summed E-state index contributed by atoms with van der Waals surface area (Å²) >= 11 is -0.805. The zero-order chi connectivity index (χ0) is 25.1. The molecule has 0 N–H and O–H groups in total. The Morgan fingerprint density at radius 3 is 1.39 bits per heavy atom. The second kappa shape index (κ2) is 13.5. The molecule has 33 heavy (non-hydrogen) atoms. The lowest BCUT2D eigenvalue weighted by Crippen LogP contribution is -3.61. The van der Waals surface area contributed by atoms with Gasteiger partial charge in [-0.1, -0.05) is 39.0 Å². The molecule has 0 aliphatic carbocycles. The molecule has 11 heteroatoms. The lowest BCUT2D eigenvalue weighted by Gasteiger charge is -2.05. The minimum Gasteiger partial charge on any atom is -0.748 e. The molecule has 2 aromatic carbocycles. The Morgan fingerprint density at radius 1 is 0.697 bits per heavy atom. The van der Waals surface area contributed by atoms with E-state index < -0.39 is 54.8 Å². The molecule has 0 aliphatic heterocycles. The number of benzene rings is 2. The van der Waals surface area contributed by atoms with Crippen LogP contribution in [0.4, 0.5) is 26.3 Å². The van der Waals surface area contributed by atoms with Crippen molar-refractivity contribution >= 4 is 10.1 Å². The lowest BCUT2D eigenvalue weighted by atomic mass is 10.1. The highest BCUT2D eigenvalue weighted by Gasteiger charge is 2.32. The zero-order valence-corrected chi connectivity index (χ0v) is 20.8. The average molecular weight is 610 g/mol. The van der Waals surface area contributed by atoms with Gasteiger partial charge in [-0.25, -0.2) is 8.42 Å². The fourth-order valence-corrected chi connectivity index (χ4v) is 5.30. The highest BCUT2D eigenvalue weighted by atomic mass is 127. The SMILES string of the molecule is CCCCCCCCS(=O)(=O)[O-].FC(F)(F)c1ccc([I+]c2ccc(C(F)(F)F)cc2)cc1. The minimum atomic E-state index is -4.38. The first-order chi connectivity index (χ1) is 15.2. The quantitative estimate of drug-likeness (QED) is 0.188. The second-order valence-corrected chi connectivity index (χ2v) is 11.7. The van der Waals surface area contributed by atoms with Crippen LogP contribution in [0.25, 0.3) is 0 Å². The number of unbranched alkanes of at least 4 members (excludes halogenated alkanes) is 5. The van der Waals surface area contributed by atoms with Gasteiger partial charge >= 0.3 is 33.6 Å². The number of hydrogen-bond acceptors (Lipinski definition) is 3. The molecule has 2 rings (SSSR count). The normalized spacial score (nSPS) is 12.2. The first kappa shape index (κ1) is 29.7. The maximum atomic E-state index is 12.4. The van der Waals surface area contributed by atoms with Crippen molar-refractivity contribution in [3.63, 3.8) is 0 Å². The Labute approximate surface area is 200 Å². The molecule has 0 fully saturated rings. The van der Waals surface area contributed by atoms with Crippen LogP contribution in [0.15, 0.2) is 48.5 Å². The highest BCUT2D eigenvalue weighted by molar-refractivity contribution is 7.85. The Hall–Kier alpha value is -1.34. The van der Waals surface area contributed by atoms with Crippen molar-refractivity contribution < 1.29 is 60.5 Å². The molecule has 2 aromatic rings. The fraction of sp³-hybridized carbons (Fsp3) is 0.455. The Morgan fingerprint density at radius 2 is 1.06 bits per heavy atom. The van der Waals surface area contributed by atoms with Crippen LogP contribution in [0.2, 0.25) is 0 Å². The van der Waals surface area contributed by atoms with E-state index in [4.69, 9.17) is 0 Å². The van der Waals surface area contributed by atoms with Crippen LogP contribution < -0.4 is 21.2 Å². The molecule has 186 valence electrons. The molecule has 0 radical (unpaired) electrons. The first-order valence-electron chi connectivity index (χ1n) is 10.2. The maximum absolute atomic E-state index is 12.4. The van der Waals surface area contributed by atoms with E-state index in [9.17, 15) is 39.3 Å². The molecular weight excluding hydrogens is 585 g/mol. The van der Waals surface area contributed by atoms with Gasteiger partial charge in [0.15, 0.2) is 7.14 Å². The Bertz CT molecular complexity index is 869. The summed E-state index contributed by atoms with van der Waals surface area (Å²) in [6.07, 6.45) is -2.81. The smallest absolute Gasteiger partial charge is 0.416 e. The maximum Gasteiger partial charge on any atom is 0.416 e. The van der Waals surface area contributed by atoms with Crippen LogP contribution in [0.3, 0.4) is 0 Å². The van der Waals surface area contributed by atoms with Gasteiger partial charge in [-0.3, -0.25) is 0 Å². The predicted molar refractivity (Wildman–Crippen MR) is 108 cm³/mol. The van der Waals surface area contributed by atoms with Gasteiger partial charge in [0.25, 0.3) is 0 Å². The largest absolute Gasteiger partial charge is 0.748 e. The van der Waals surface area contributed by atoms with Gasteiger partial charge in [0.2, 0.25) is 0 Å². The van der Waals surface area contributed by atoms with Crippen LogP contribution in [0, 0.1) is 7.14 Å². The number of alkyl halides is 6. The Kier molecular flexibility index (Phi) is 12.2. The summed E-state index contributed by atoms with van der Waals surface area (Å²) in [4.78, 5) is 0. The van der Waals surface area contributed by atoms with Crippen molar-refractivity contribution in [2.45, 2.75) is 57.8 Å². The Balaban J connectivity index is 0.000000389. The van der Waals surface area contributed by atoms with E-state index in [1.54, 1.807) is 0 Å². The third kappa shape index (κ3) is 13.2. The van der Waals surface area contributed by atoms with E-state index in [2.05, 4.69) is 6.92 Å². The molecule has 0 saturated carbocycles. The molecule has 0 atom stereocenters. The van der Waals surface area contributed by atoms with Crippen LogP contribution in [0.5, 0.6) is 0 Å². The molecule has 0 saturated heterocycles. The summed E-state index contributed by atoms with van der Waals surface area (Å²) in [6, 6.07) is 9.42. The zero-order valence-electron chi connectivity index (χ0n) is 17.8. The van der Waals surface area contributed by atoms with Crippen molar-refractivity contribution in [1.82, 2.24) is 0 Å². The second-order valence-electron chi connectivity index (χ2n) is 7.13. The number of rotatable bonds is 9. The molecule has 0 amide bonds. The summed E-state index contributed by atoms with van der Waals surface area (Å²) in [7, 11) is -3.97. The number of hydrogen-bond donors (Lipinski definition) is 0. The van der Waals surface area contributed by atoms with E-state index >= 15 is 0 Å². The molecule has 0 aromatic heterocycles.